The molecule has 3 aromatic rings. The van der Waals surface area contributed by atoms with Crippen LogP contribution < -0.4 is 10.6 Å². The van der Waals surface area contributed by atoms with Gasteiger partial charge in [0.2, 0.25) is 11.5 Å². The molecule has 13 heteroatoms. The SMILES string of the molecule is CCn1cc([N+](=O)[O-])c(C(=O)NCCNC(=O)c2nc(-c3cccs3)no2)n1. The summed E-state index contributed by atoms with van der Waals surface area (Å²) in [6.45, 7) is 2.23. The summed E-state index contributed by atoms with van der Waals surface area (Å²) in [4.78, 5) is 39.2. The molecule has 28 heavy (non-hydrogen) atoms. The van der Waals surface area contributed by atoms with Crippen LogP contribution in [0.3, 0.4) is 0 Å². The van der Waals surface area contributed by atoms with E-state index in [0.717, 1.165) is 4.88 Å². The lowest BCUT2D eigenvalue weighted by atomic mass is 10.3. The maximum absolute atomic E-state index is 12.1. The molecular weight excluding hydrogens is 390 g/mol. The van der Waals surface area contributed by atoms with Crippen molar-refractivity contribution in [3.63, 3.8) is 0 Å². The van der Waals surface area contributed by atoms with Crippen molar-refractivity contribution in [1.29, 1.82) is 0 Å². The summed E-state index contributed by atoms with van der Waals surface area (Å²) in [5, 5.41) is 25.5. The molecule has 0 radical (unpaired) electrons. The van der Waals surface area contributed by atoms with Gasteiger partial charge in [0, 0.05) is 19.6 Å². The summed E-state index contributed by atoms with van der Waals surface area (Å²) in [7, 11) is 0. The summed E-state index contributed by atoms with van der Waals surface area (Å²) >= 11 is 1.41. The van der Waals surface area contributed by atoms with Gasteiger partial charge in [0.1, 0.15) is 6.20 Å². The summed E-state index contributed by atoms with van der Waals surface area (Å²) in [6, 6.07) is 3.62. The standard InChI is InChI=1S/C15H15N7O5S/c1-2-21-8-9(22(25)26)11(19-21)13(23)16-5-6-17-14(24)15-18-12(20-27-15)10-4-3-7-28-10/h3-4,7-8H,2,5-6H2,1H3,(H,16,23)(H,17,24). The van der Waals surface area contributed by atoms with E-state index in [-0.39, 0.29) is 30.4 Å². The summed E-state index contributed by atoms with van der Waals surface area (Å²) in [6.07, 6.45) is 1.19. The van der Waals surface area contributed by atoms with E-state index in [2.05, 4.69) is 25.9 Å². The monoisotopic (exact) mass is 405 g/mol. The van der Waals surface area contributed by atoms with Crippen molar-refractivity contribution in [3.8, 4) is 10.7 Å². The molecule has 3 aromatic heterocycles. The van der Waals surface area contributed by atoms with Crippen LogP contribution in [-0.4, -0.2) is 49.7 Å². The Morgan fingerprint density at radius 3 is 2.71 bits per heavy atom. The normalized spacial score (nSPS) is 10.6. The van der Waals surface area contributed by atoms with E-state index >= 15 is 0 Å². The average molecular weight is 405 g/mol. The number of nitrogens with zero attached hydrogens (tertiary/aromatic N) is 5. The van der Waals surface area contributed by atoms with Gasteiger partial charge in [-0.1, -0.05) is 11.2 Å². The summed E-state index contributed by atoms with van der Waals surface area (Å²) in [5.74, 6) is -1.18. The molecule has 0 fully saturated rings. The third-order valence-corrected chi connectivity index (χ3v) is 4.40. The third kappa shape index (κ3) is 4.20. The fourth-order valence-electron chi connectivity index (χ4n) is 2.20. The van der Waals surface area contributed by atoms with Crippen LogP contribution in [0.4, 0.5) is 5.69 Å². The Labute approximate surface area is 161 Å². The van der Waals surface area contributed by atoms with Gasteiger partial charge in [-0.05, 0) is 18.4 Å². The van der Waals surface area contributed by atoms with Crippen LogP contribution in [0.1, 0.15) is 28.1 Å². The molecule has 0 saturated carbocycles. The Kier molecular flexibility index (Phi) is 5.74. The number of aryl methyl sites for hydroxylation is 1. The van der Waals surface area contributed by atoms with E-state index in [0.29, 0.717) is 12.4 Å². The Balaban J connectivity index is 1.50. The molecule has 146 valence electrons. The molecule has 3 heterocycles. The van der Waals surface area contributed by atoms with Crippen LogP contribution in [-0.2, 0) is 6.54 Å². The fraction of sp³-hybridized carbons (Fsp3) is 0.267. The molecular formula is C15H15N7O5S. The first kappa shape index (κ1) is 19.2. The van der Waals surface area contributed by atoms with Crippen LogP contribution >= 0.6 is 11.3 Å². The zero-order valence-electron chi connectivity index (χ0n) is 14.6. The lowest BCUT2D eigenvalue weighted by Gasteiger charge is -2.04. The van der Waals surface area contributed by atoms with E-state index in [1.807, 2.05) is 11.4 Å². The molecule has 0 saturated heterocycles. The fourth-order valence-corrected chi connectivity index (χ4v) is 2.85. The van der Waals surface area contributed by atoms with Crippen LogP contribution in [0.2, 0.25) is 0 Å². The highest BCUT2D eigenvalue weighted by Crippen LogP contribution is 2.21. The van der Waals surface area contributed by atoms with Crippen LogP contribution in [0, 0.1) is 10.1 Å². The van der Waals surface area contributed by atoms with Gasteiger partial charge in [0.05, 0.1) is 9.80 Å². The summed E-state index contributed by atoms with van der Waals surface area (Å²) in [5.41, 5.74) is -0.661. The number of aromatic nitrogens is 4. The van der Waals surface area contributed by atoms with Crippen molar-refractivity contribution in [3.05, 3.63) is 45.4 Å². The largest absolute Gasteiger partial charge is 0.349 e. The highest BCUT2D eigenvalue weighted by molar-refractivity contribution is 7.13. The van der Waals surface area contributed by atoms with Gasteiger partial charge in [-0.3, -0.25) is 24.4 Å². The molecule has 3 rings (SSSR count). The van der Waals surface area contributed by atoms with Crippen molar-refractivity contribution < 1.29 is 19.0 Å². The molecule has 0 aliphatic heterocycles. The predicted molar refractivity (Wildman–Crippen MR) is 96.8 cm³/mol. The Hall–Kier alpha value is -3.61. The second-order valence-electron chi connectivity index (χ2n) is 5.39. The highest BCUT2D eigenvalue weighted by atomic mass is 32.1. The Morgan fingerprint density at radius 1 is 1.32 bits per heavy atom. The minimum atomic E-state index is -0.703. The number of hydrogen-bond donors (Lipinski definition) is 2. The second-order valence-corrected chi connectivity index (χ2v) is 6.34. The first-order valence-corrected chi connectivity index (χ1v) is 9.03. The Bertz CT molecular complexity index is 995. The van der Waals surface area contributed by atoms with Gasteiger partial charge in [-0.15, -0.1) is 11.3 Å². The summed E-state index contributed by atoms with van der Waals surface area (Å²) < 4.78 is 6.21. The van der Waals surface area contributed by atoms with Crippen molar-refractivity contribution in [2.75, 3.05) is 13.1 Å². The van der Waals surface area contributed by atoms with Gasteiger partial charge in [-0.2, -0.15) is 10.1 Å². The number of hydrogen-bond acceptors (Lipinski definition) is 9. The number of rotatable bonds is 8. The molecule has 0 aliphatic rings. The molecule has 12 nitrogen and oxygen atoms in total. The molecule has 0 aliphatic carbocycles. The first-order chi connectivity index (χ1) is 13.5. The zero-order chi connectivity index (χ0) is 20.1. The molecule has 0 aromatic carbocycles. The minimum Gasteiger partial charge on any atom is -0.349 e. The first-order valence-electron chi connectivity index (χ1n) is 8.15. The Morgan fingerprint density at radius 2 is 2.07 bits per heavy atom. The molecule has 0 atom stereocenters. The van der Waals surface area contributed by atoms with E-state index in [1.165, 1.54) is 22.2 Å². The quantitative estimate of drug-likeness (QED) is 0.320. The van der Waals surface area contributed by atoms with Gasteiger partial charge in [0.25, 0.3) is 5.91 Å². The van der Waals surface area contributed by atoms with Gasteiger partial charge < -0.3 is 15.2 Å². The number of nitrogens with one attached hydrogen (secondary N) is 2. The molecule has 2 amide bonds. The highest BCUT2D eigenvalue weighted by Gasteiger charge is 2.25. The van der Waals surface area contributed by atoms with Gasteiger partial charge >= 0.3 is 17.5 Å². The zero-order valence-corrected chi connectivity index (χ0v) is 15.4. The maximum Gasteiger partial charge on any atom is 0.320 e. The van der Waals surface area contributed by atoms with Gasteiger partial charge in [0.15, 0.2) is 0 Å². The van der Waals surface area contributed by atoms with Crippen molar-refractivity contribution in [1.82, 2.24) is 30.6 Å². The number of amides is 2. The molecule has 0 unspecified atom stereocenters. The topological polar surface area (TPSA) is 158 Å². The minimum absolute atomic E-state index is 0.0344. The van der Waals surface area contributed by atoms with Crippen molar-refractivity contribution >= 4 is 28.8 Å². The number of thiophene rings is 1. The van der Waals surface area contributed by atoms with Gasteiger partial charge in [-0.25, -0.2) is 0 Å². The third-order valence-electron chi connectivity index (χ3n) is 3.54. The van der Waals surface area contributed by atoms with Crippen LogP contribution in [0.15, 0.2) is 28.2 Å². The lowest BCUT2D eigenvalue weighted by molar-refractivity contribution is -0.385. The second kappa shape index (κ2) is 8.39. The number of carbonyl (C=O) groups is 2. The predicted octanol–water partition coefficient (Wildman–Crippen LogP) is 1.08. The average Bonchev–Trinajstić information content (AvgIpc) is 3.43. The number of nitro groups is 1. The molecule has 2 N–H and O–H groups in total. The lowest BCUT2D eigenvalue weighted by Crippen LogP contribution is -2.35. The van der Waals surface area contributed by atoms with Crippen LogP contribution in [0.25, 0.3) is 10.7 Å². The molecule has 0 spiro atoms. The van der Waals surface area contributed by atoms with E-state index in [1.54, 1.807) is 13.0 Å². The van der Waals surface area contributed by atoms with E-state index in [4.69, 9.17) is 4.52 Å². The maximum atomic E-state index is 12.1. The number of carbonyl (C=O) groups excluding carboxylic acids is 2. The molecule has 0 bridgehead atoms. The smallest absolute Gasteiger partial charge is 0.320 e. The van der Waals surface area contributed by atoms with E-state index in [9.17, 15) is 19.7 Å². The van der Waals surface area contributed by atoms with Crippen molar-refractivity contribution in [2.24, 2.45) is 0 Å². The van der Waals surface area contributed by atoms with Crippen LogP contribution in [0.5, 0.6) is 0 Å². The van der Waals surface area contributed by atoms with E-state index < -0.39 is 16.7 Å². The van der Waals surface area contributed by atoms with Crippen molar-refractivity contribution in [2.45, 2.75) is 13.5 Å².